The maximum atomic E-state index is 12.9. The summed E-state index contributed by atoms with van der Waals surface area (Å²) in [6, 6.07) is 9.61. The Balaban J connectivity index is 1.58. The summed E-state index contributed by atoms with van der Waals surface area (Å²) in [5.41, 5.74) is -1.15. The summed E-state index contributed by atoms with van der Waals surface area (Å²) in [5, 5.41) is 9.89. The molecule has 3 rings (SSSR count). The van der Waals surface area contributed by atoms with E-state index in [0.717, 1.165) is 15.6 Å². The number of likely N-dealkylation sites (N-methyl/N-ethyl adjacent to an activating group) is 1. The average Bonchev–Trinajstić information content (AvgIpc) is 2.73. The lowest BCUT2D eigenvalue weighted by molar-refractivity contribution is -0.137. The summed E-state index contributed by atoms with van der Waals surface area (Å²) in [6.45, 7) is -0.450. The van der Waals surface area contributed by atoms with Crippen molar-refractivity contribution in [3.05, 3.63) is 63.4 Å². The van der Waals surface area contributed by atoms with E-state index in [2.05, 4.69) is 15.6 Å². The van der Waals surface area contributed by atoms with E-state index in [-0.39, 0.29) is 18.7 Å². The van der Waals surface area contributed by atoms with Crippen molar-refractivity contribution in [2.24, 2.45) is 0 Å². The topological polar surface area (TPSA) is 97.2 Å². The van der Waals surface area contributed by atoms with Crippen molar-refractivity contribution in [3.63, 3.8) is 0 Å². The first-order valence-electron chi connectivity index (χ1n) is 9.29. The van der Waals surface area contributed by atoms with E-state index in [0.29, 0.717) is 17.0 Å². The third kappa shape index (κ3) is 5.41. The molecule has 12 heteroatoms. The summed E-state index contributed by atoms with van der Waals surface area (Å²) >= 11 is 5.55. The van der Waals surface area contributed by atoms with Crippen LogP contribution in [-0.4, -0.2) is 45.3 Å². The molecule has 0 saturated heterocycles. The molecule has 168 valence electrons. The number of anilines is 1. The van der Waals surface area contributed by atoms with Gasteiger partial charge in [-0.3, -0.25) is 14.4 Å². The van der Waals surface area contributed by atoms with E-state index in [1.807, 2.05) is 0 Å². The summed E-state index contributed by atoms with van der Waals surface area (Å²) in [6.07, 6.45) is -4.80. The number of aromatic nitrogens is 3. The zero-order valence-electron chi connectivity index (χ0n) is 16.7. The van der Waals surface area contributed by atoms with Gasteiger partial charge in [-0.25, -0.2) is 4.68 Å². The maximum absolute atomic E-state index is 12.9. The summed E-state index contributed by atoms with van der Waals surface area (Å²) in [7, 11) is 1.36. The zero-order valence-corrected chi connectivity index (χ0v) is 17.4. The van der Waals surface area contributed by atoms with Gasteiger partial charge in [0.15, 0.2) is 0 Å². The molecule has 0 spiro atoms. The predicted octanol–water partition coefficient (Wildman–Crippen LogP) is 2.95. The fraction of sp³-hybridized carbons (Fsp3) is 0.250. The number of hydrogen-bond donors (Lipinski definition) is 1. The van der Waals surface area contributed by atoms with Gasteiger partial charge in [-0.05, 0) is 30.3 Å². The molecule has 0 aliphatic carbocycles. The minimum Gasteiger partial charge on any atom is -0.336 e. The molecular weight excluding hydrogens is 451 g/mol. The zero-order chi connectivity index (χ0) is 23.5. The predicted molar refractivity (Wildman–Crippen MR) is 111 cm³/mol. The van der Waals surface area contributed by atoms with Crippen LogP contribution in [0.3, 0.4) is 0 Å². The highest BCUT2D eigenvalue weighted by Gasteiger charge is 2.33. The first-order valence-corrected chi connectivity index (χ1v) is 9.67. The molecule has 1 heterocycles. The van der Waals surface area contributed by atoms with E-state index >= 15 is 0 Å². The highest BCUT2D eigenvalue weighted by molar-refractivity contribution is 6.31. The number of nitrogens with one attached hydrogen (secondary N) is 1. The summed E-state index contributed by atoms with van der Waals surface area (Å²) < 4.78 is 39.9. The lowest BCUT2D eigenvalue weighted by Gasteiger charge is -2.17. The normalized spacial score (nSPS) is 11.4. The van der Waals surface area contributed by atoms with Crippen molar-refractivity contribution in [1.29, 1.82) is 0 Å². The number of amides is 2. The van der Waals surface area contributed by atoms with Gasteiger partial charge in [0, 0.05) is 19.2 Å². The number of fused-ring (bicyclic) bond motifs is 1. The van der Waals surface area contributed by atoms with Crippen LogP contribution in [0.4, 0.5) is 18.9 Å². The molecule has 32 heavy (non-hydrogen) atoms. The Morgan fingerprint density at radius 1 is 1.19 bits per heavy atom. The van der Waals surface area contributed by atoms with Crippen molar-refractivity contribution < 1.29 is 22.8 Å². The van der Waals surface area contributed by atoms with Crippen molar-refractivity contribution in [1.82, 2.24) is 19.9 Å². The van der Waals surface area contributed by atoms with Crippen molar-refractivity contribution in [2.45, 2.75) is 19.1 Å². The molecule has 1 N–H and O–H groups in total. The van der Waals surface area contributed by atoms with E-state index < -0.39 is 40.7 Å². The van der Waals surface area contributed by atoms with Crippen molar-refractivity contribution in [2.75, 3.05) is 18.9 Å². The van der Waals surface area contributed by atoms with Crippen LogP contribution in [0, 0.1) is 0 Å². The highest BCUT2D eigenvalue weighted by atomic mass is 35.5. The van der Waals surface area contributed by atoms with Gasteiger partial charge in [0.1, 0.15) is 5.52 Å². The fourth-order valence-electron chi connectivity index (χ4n) is 2.89. The average molecular weight is 468 g/mol. The Kier molecular flexibility index (Phi) is 6.78. The second-order valence-electron chi connectivity index (χ2n) is 6.88. The van der Waals surface area contributed by atoms with Gasteiger partial charge in [-0.15, -0.1) is 5.10 Å². The van der Waals surface area contributed by atoms with Crippen molar-refractivity contribution in [3.8, 4) is 0 Å². The monoisotopic (exact) mass is 467 g/mol. The highest BCUT2D eigenvalue weighted by Crippen LogP contribution is 2.36. The number of benzene rings is 2. The first kappa shape index (κ1) is 23.2. The van der Waals surface area contributed by atoms with E-state index in [9.17, 15) is 27.6 Å². The van der Waals surface area contributed by atoms with Gasteiger partial charge in [0.25, 0.3) is 5.56 Å². The number of carbonyl (C=O) groups is 2. The Hall–Kier alpha value is -3.47. The fourth-order valence-corrected chi connectivity index (χ4v) is 3.11. The van der Waals surface area contributed by atoms with Crippen LogP contribution in [0.2, 0.25) is 5.02 Å². The second kappa shape index (κ2) is 9.35. The quantitative estimate of drug-likeness (QED) is 0.601. The Morgan fingerprint density at radius 2 is 1.91 bits per heavy atom. The number of nitrogens with zero attached hydrogens (tertiary/aromatic N) is 4. The first-order chi connectivity index (χ1) is 15.1. The van der Waals surface area contributed by atoms with Gasteiger partial charge in [0.05, 0.1) is 29.1 Å². The van der Waals surface area contributed by atoms with E-state index in [1.165, 1.54) is 13.1 Å². The number of carbonyl (C=O) groups excluding carboxylic acids is 2. The number of hydrogen-bond acceptors (Lipinski definition) is 5. The molecule has 2 amide bonds. The molecule has 0 unspecified atom stereocenters. The SMILES string of the molecule is CN(CC(=O)Nc1ccc(Cl)c(C(F)(F)F)c1)C(=O)CCn1nnc2ccccc2c1=O. The molecule has 2 aromatic carbocycles. The van der Waals surface area contributed by atoms with E-state index in [1.54, 1.807) is 24.3 Å². The van der Waals surface area contributed by atoms with Crippen LogP contribution >= 0.6 is 11.6 Å². The van der Waals surface area contributed by atoms with Crippen LogP contribution in [0.25, 0.3) is 10.9 Å². The molecule has 0 aliphatic heterocycles. The van der Waals surface area contributed by atoms with Crippen LogP contribution in [-0.2, 0) is 22.3 Å². The molecular formula is C20H17ClF3N5O3. The van der Waals surface area contributed by atoms with Gasteiger partial charge in [0.2, 0.25) is 11.8 Å². The smallest absolute Gasteiger partial charge is 0.336 e. The van der Waals surface area contributed by atoms with Crippen LogP contribution < -0.4 is 10.9 Å². The lowest BCUT2D eigenvalue weighted by Crippen LogP contribution is -2.36. The standard InChI is InChI=1S/C20H17ClF3N5O3/c1-28(11-17(30)25-12-6-7-15(21)14(10-12)20(22,23)24)18(31)8-9-29-19(32)13-4-2-3-5-16(13)26-27-29/h2-7,10H,8-9,11H2,1H3,(H,25,30). The molecule has 1 aromatic heterocycles. The maximum Gasteiger partial charge on any atom is 0.417 e. The van der Waals surface area contributed by atoms with Crippen LogP contribution in [0.15, 0.2) is 47.3 Å². The number of rotatable bonds is 6. The molecule has 0 atom stereocenters. The Labute approximate surface area is 184 Å². The molecule has 3 aromatic rings. The Bertz CT molecular complexity index is 1230. The Morgan fingerprint density at radius 3 is 2.62 bits per heavy atom. The largest absolute Gasteiger partial charge is 0.417 e. The van der Waals surface area contributed by atoms with E-state index in [4.69, 9.17) is 11.6 Å². The van der Waals surface area contributed by atoms with Gasteiger partial charge < -0.3 is 10.2 Å². The molecule has 8 nitrogen and oxygen atoms in total. The molecule has 0 fully saturated rings. The third-order valence-electron chi connectivity index (χ3n) is 4.53. The van der Waals surface area contributed by atoms with Crippen LogP contribution in [0.5, 0.6) is 0 Å². The molecule has 0 bridgehead atoms. The van der Waals surface area contributed by atoms with Gasteiger partial charge >= 0.3 is 6.18 Å². The summed E-state index contributed by atoms with van der Waals surface area (Å²) in [4.78, 5) is 38.0. The number of halogens is 4. The van der Waals surface area contributed by atoms with Crippen LogP contribution in [0.1, 0.15) is 12.0 Å². The van der Waals surface area contributed by atoms with Gasteiger partial charge in [-0.2, -0.15) is 13.2 Å². The minimum atomic E-state index is -4.67. The second-order valence-corrected chi connectivity index (χ2v) is 7.28. The number of alkyl halides is 3. The van der Waals surface area contributed by atoms with Gasteiger partial charge in [-0.1, -0.05) is 28.9 Å². The minimum absolute atomic E-state index is 0.0480. The number of aryl methyl sites for hydroxylation is 1. The lowest BCUT2D eigenvalue weighted by atomic mass is 10.2. The summed E-state index contributed by atoms with van der Waals surface area (Å²) in [5.74, 6) is -1.16. The third-order valence-corrected chi connectivity index (χ3v) is 4.86. The molecule has 0 radical (unpaired) electrons. The molecule has 0 aliphatic rings. The molecule has 0 saturated carbocycles. The van der Waals surface area contributed by atoms with Crippen molar-refractivity contribution >= 4 is 40.0 Å².